The number of hydrogen-bond donors (Lipinski definition) is 0. The van der Waals surface area contributed by atoms with Gasteiger partial charge < -0.3 is 4.90 Å². The topological polar surface area (TPSA) is 54.8 Å². The second-order valence-corrected chi connectivity index (χ2v) is 6.37. The van der Waals surface area contributed by atoms with Gasteiger partial charge >= 0.3 is 0 Å². The Kier molecular flexibility index (Phi) is 4.70. The summed E-state index contributed by atoms with van der Waals surface area (Å²) in [5, 5.41) is 0. The van der Waals surface area contributed by atoms with E-state index in [9.17, 15) is 4.39 Å². The number of halogens is 1. The molecule has 0 aromatic carbocycles. The Bertz CT molecular complexity index is 1010. The van der Waals surface area contributed by atoms with Crippen LogP contribution in [0.2, 0.25) is 0 Å². The molecule has 1 aliphatic heterocycles. The third kappa shape index (κ3) is 3.89. The molecule has 0 saturated heterocycles. The normalized spacial score (nSPS) is 13.6. The van der Waals surface area contributed by atoms with Crippen LogP contribution in [0.5, 0.6) is 0 Å². The SMILES string of the molecule is Cc1cc(-c2ncc(CN3C=C(c4cnccn4)C=CC3)cc2F)ccn1. The Hall–Kier alpha value is -3.41. The number of aromatic nitrogens is 4. The van der Waals surface area contributed by atoms with E-state index in [1.807, 2.05) is 25.3 Å². The Labute approximate surface area is 157 Å². The minimum Gasteiger partial charge on any atom is -0.369 e. The van der Waals surface area contributed by atoms with Crippen LogP contribution in [0.25, 0.3) is 16.8 Å². The quantitative estimate of drug-likeness (QED) is 0.709. The lowest BCUT2D eigenvalue weighted by Gasteiger charge is -2.23. The van der Waals surface area contributed by atoms with Crippen molar-refractivity contribution in [2.75, 3.05) is 6.54 Å². The molecular weight excluding hydrogens is 341 g/mol. The number of hydrogen-bond acceptors (Lipinski definition) is 5. The number of rotatable bonds is 4. The molecule has 0 fully saturated rings. The maximum Gasteiger partial charge on any atom is 0.149 e. The zero-order valence-electron chi connectivity index (χ0n) is 14.9. The molecule has 134 valence electrons. The molecule has 1 aliphatic rings. The van der Waals surface area contributed by atoms with Gasteiger partial charge in [0.2, 0.25) is 0 Å². The number of pyridine rings is 2. The largest absolute Gasteiger partial charge is 0.369 e. The molecule has 0 aliphatic carbocycles. The maximum absolute atomic E-state index is 14.6. The molecule has 0 spiro atoms. The summed E-state index contributed by atoms with van der Waals surface area (Å²) >= 11 is 0. The average Bonchev–Trinajstić information content (AvgIpc) is 2.69. The standard InChI is InChI=1S/C21H18FN5/c1-15-9-17(4-5-24-15)21-19(22)10-16(11-26-21)13-27-8-2-3-18(14-27)20-12-23-6-7-25-20/h2-7,9-12,14H,8,13H2,1H3. The predicted molar refractivity (Wildman–Crippen MR) is 102 cm³/mol. The van der Waals surface area contributed by atoms with Gasteiger partial charge in [-0.1, -0.05) is 12.2 Å². The smallest absolute Gasteiger partial charge is 0.149 e. The van der Waals surface area contributed by atoms with E-state index < -0.39 is 0 Å². The molecule has 4 rings (SSSR count). The first-order valence-electron chi connectivity index (χ1n) is 8.65. The van der Waals surface area contributed by atoms with E-state index in [4.69, 9.17) is 0 Å². The van der Waals surface area contributed by atoms with Crippen molar-refractivity contribution in [3.8, 4) is 11.3 Å². The second-order valence-electron chi connectivity index (χ2n) is 6.37. The maximum atomic E-state index is 14.6. The Morgan fingerprint density at radius 1 is 1.07 bits per heavy atom. The molecule has 3 aromatic heterocycles. The fourth-order valence-electron chi connectivity index (χ4n) is 3.02. The molecule has 0 atom stereocenters. The highest BCUT2D eigenvalue weighted by atomic mass is 19.1. The van der Waals surface area contributed by atoms with Gasteiger partial charge in [0.25, 0.3) is 0 Å². The molecule has 0 unspecified atom stereocenters. The monoisotopic (exact) mass is 359 g/mol. The van der Waals surface area contributed by atoms with Gasteiger partial charge in [-0.05, 0) is 30.7 Å². The van der Waals surface area contributed by atoms with Crippen molar-refractivity contribution in [3.63, 3.8) is 0 Å². The summed E-state index contributed by atoms with van der Waals surface area (Å²) in [6, 6.07) is 5.14. The lowest BCUT2D eigenvalue weighted by Crippen LogP contribution is -2.20. The van der Waals surface area contributed by atoms with Gasteiger partial charge in [0, 0.05) is 60.9 Å². The Morgan fingerprint density at radius 3 is 2.78 bits per heavy atom. The van der Waals surface area contributed by atoms with Crippen LogP contribution in [0.3, 0.4) is 0 Å². The summed E-state index contributed by atoms with van der Waals surface area (Å²) in [5.74, 6) is -0.330. The van der Waals surface area contributed by atoms with Crippen molar-refractivity contribution in [3.05, 3.63) is 90.3 Å². The highest BCUT2D eigenvalue weighted by Gasteiger charge is 2.12. The molecule has 0 bridgehead atoms. The summed E-state index contributed by atoms with van der Waals surface area (Å²) in [4.78, 5) is 19.0. The van der Waals surface area contributed by atoms with E-state index in [0.717, 1.165) is 34.6 Å². The van der Waals surface area contributed by atoms with E-state index in [-0.39, 0.29) is 5.82 Å². The van der Waals surface area contributed by atoms with Crippen LogP contribution >= 0.6 is 0 Å². The van der Waals surface area contributed by atoms with Crippen LogP contribution in [0, 0.1) is 12.7 Å². The first-order chi connectivity index (χ1) is 13.2. The first-order valence-corrected chi connectivity index (χ1v) is 8.65. The highest BCUT2D eigenvalue weighted by molar-refractivity contribution is 5.71. The van der Waals surface area contributed by atoms with Crippen molar-refractivity contribution < 1.29 is 4.39 Å². The van der Waals surface area contributed by atoms with Gasteiger partial charge in [-0.15, -0.1) is 0 Å². The molecule has 0 N–H and O–H groups in total. The van der Waals surface area contributed by atoms with Gasteiger partial charge in [-0.2, -0.15) is 0 Å². The van der Waals surface area contributed by atoms with Gasteiger partial charge in [0.1, 0.15) is 11.5 Å². The molecule has 6 heteroatoms. The third-order valence-electron chi connectivity index (χ3n) is 4.27. The molecule has 0 amide bonds. The predicted octanol–water partition coefficient (Wildman–Crippen LogP) is 3.79. The minimum atomic E-state index is -0.330. The zero-order valence-corrected chi connectivity index (χ0v) is 14.9. The number of nitrogens with zero attached hydrogens (tertiary/aromatic N) is 5. The van der Waals surface area contributed by atoms with Crippen LogP contribution in [-0.4, -0.2) is 31.4 Å². The van der Waals surface area contributed by atoms with Crippen molar-refractivity contribution >= 4 is 5.57 Å². The fourth-order valence-corrected chi connectivity index (χ4v) is 3.02. The number of allylic oxidation sites excluding steroid dienone is 2. The van der Waals surface area contributed by atoms with Gasteiger partial charge in [0.15, 0.2) is 0 Å². The van der Waals surface area contributed by atoms with Crippen molar-refractivity contribution in [1.82, 2.24) is 24.8 Å². The molecule has 5 nitrogen and oxygen atoms in total. The lowest BCUT2D eigenvalue weighted by molar-refractivity contribution is 0.405. The molecule has 27 heavy (non-hydrogen) atoms. The van der Waals surface area contributed by atoms with Crippen molar-refractivity contribution in [2.24, 2.45) is 0 Å². The van der Waals surface area contributed by atoms with Gasteiger partial charge in [0.05, 0.1) is 11.9 Å². The lowest BCUT2D eigenvalue weighted by atomic mass is 10.1. The number of aryl methyl sites for hydroxylation is 1. The Balaban J connectivity index is 1.54. The Morgan fingerprint density at radius 2 is 2.00 bits per heavy atom. The van der Waals surface area contributed by atoms with Gasteiger partial charge in [-0.25, -0.2) is 4.39 Å². The van der Waals surface area contributed by atoms with E-state index in [2.05, 4.69) is 30.9 Å². The minimum absolute atomic E-state index is 0.330. The average molecular weight is 359 g/mol. The molecular formula is C21H18FN5. The van der Waals surface area contributed by atoms with Crippen molar-refractivity contribution in [1.29, 1.82) is 0 Å². The summed E-state index contributed by atoms with van der Waals surface area (Å²) in [6.45, 7) is 3.19. The van der Waals surface area contributed by atoms with Gasteiger partial charge in [-0.3, -0.25) is 19.9 Å². The van der Waals surface area contributed by atoms with E-state index in [1.54, 1.807) is 43.1 Å². The highest BCUT2D eigenvalue weighted by Crippen LogP contribution is 2.23. The fraction of sp³-hybridized carbons (Fsp3) is 0.143. The van der Waals surface area contributed by atoms with E-state index in [0.29, 0.717) is 12.2 Å². The third-order valence-corrected chi connectivity index (χ3v) is 4.27. The van der Waals surface area contributed by atoms with E-state index >= 15 is 0 Å². The molecule has 0 radical (unpaired) electrons. The van der Waals surface area contributed by atoms with Crippen LogP contribution in [0.4, 0.5) is 4.39 Å². The van der Waals surface area contributed by atoms with Crippen molar-refractivity contribution in [2.45, 2.75) is 13.5 Å². The second kappa shape index (κ2) is 7.45. The first kappa shape index (κ1) is 17.0. The molecule has 0 saturated carbocycles. The zero-order chi connectivity index (χ0) is 18.6. The van der Waals surface area contributed by atoms with E-state index in [1.165, 1.54) is 0 Å². The molecule has 4 heterocycles. The van der Waals surface area contributed by atoms with Crippen LogP contribution in [0.1, 0.15) is 17.0 Å². The summed E-state index contributed by atoms with van der Waals surface area (Å²) in [7, 11) is 0. The van der Waals surface area contributed by atoms with Crippen LogP contribution in [-0.2, 0) is 6.54 Å². The van der Waals surface area contributed by atoms with Crippen LogP contribution in [0.15, 0.2) is 67.5 Å². The molecule has 3 aromatic rings. The van der Waals surface area contributed by atoms with Crippen LogP contribution < -0.4 is 0 Å². The summed E-state index contributed by atoms with van der Waals surface area (Å²) in [6.07, 6.45) is 14.5. The summed E-state index contributed by atoms with van der Waals surface area (Å²) in [5.41, 5.74) is 4.51. The summed E-state index contributed by atoms with van der Waals surface area (Å²) < 4.78 is 14.6.